The predicted molar refractivity (Wildman–Crippen MR) is 107 cm³/mol. The van der Waals surface area contributed by atoms with Crippen LogP contribution in [0.5, 0.6) is 0 Å². The van der Waals surface area contributed by atoms with Crippen molar-refractivity contribution in [3.8, 4) is 11.3 Å². The molecule has 0 saturated carbocycles. The van der Waals surface area contributed by atoms with Crippen molar-refractivity contribution in [2.24, 2.45) is 5.10 Å². The highest BCUT2D eigenvalue weighted by atomic mass is 35.5. The lowest BCUT2D eigenvalue weighted by Crippen LogP contribution is -2.06. The molecule has 0 unspecified atom stereocenters. The van der Waals surface area contributed by atoms with Gasteiger partial charge in [0.05, 0.1) is 22.7 Å². The Labute approximate surface area is 169 Å². The molecule has 0 aliphatic rings. The van der Waals surface area contributed by atoms with Gasteiger partial charge in [0.2, 0.25) is 0 Å². The number of hydrogen-bond donors (Lipinski definition) is 1. The molecule has 0 bridgehead atoms. The zero-order valence-corrected chi connectivity index (χ0v) is 15.9. The summed E-state index contributed by atoms with van der Waals surface area (Å²) in [6.45, 7) is 0.347. The highest BCUT2D eigenvalue weighted by Gasteiger charge is 2.14. The SMILES string of the molecule is O=[N+]([O-])c1ccc(Cl)c(-c2ccc(/C=N\NCc3c(Cl)cccc3Cl)o2)c1. The molecule has 138 valence electrons. The molecule has 0 atom stereocenters. The van der Waals surface area contributed by atoms with E-state index in [9.17, 15) is 10.1 Å². The average molecular weight is 425 g/mol. The molecule has 1 N–H and O–H groups in total. The maximum absolute atomic E-state index is 10.9. The van der Waals surface area contributed by atoms with Crippen molar-refractivity contribution in [3.05, 3.63) is 85.0 Å². The number of rotatable bonds is 6. The Bertz CT molecular complexity index is 998. The van der Waals surface area contributed by atoms with E-state index in [1.165, 1.54) is 24.4 Å². The largest absolute Gasteiger partial charge is 0.455 e. The molecular weight excluding hydrogens is 413 g/mol. The molecule has 0 radical (unpaired) electrons. The summed E-state index contributed by atoms with van der Waals surface area (Å²) in [5.74, 6) is 0.852. The smallest absolute Gasteiger partial charge is 0.270 e. The fraction of sp³-hybridized carbons (Fsp3) is 0.0556. The van der Waals surface area contributed by atoms with Gasteiger partial charge in [0.15, 0.2) is 0 Å². The number of nitrogens with one attached hydrogen (secondary N) is 1. The van der Waals surface area contributed by atoms with E-state index in [4.69, 9.17) is 39.2 Å². The minimum Gasteiger partial charge on any atom is -0.455 e. The van der Waals surface area contributed by atoms with Crippen molar-refractivity contribution in [3.63, 3.8) is 0 Å². The van der Waals surface area contributed by atoms with Gasteiger partial charge in [-0.15, -0.1) is 0 Å². The normalized spacial score (nSPS) is 11.1. The Morgan fingerprint density at radius 3 is 2.52 bits per heavy atom. The number of halogens is 3. The van der Waals surface area contributed by atoms with Crippen LogP contribution >= 0.6 is 34.8 Å². The summed E-state index contributed by atoms with van der Waals surface area (Å²) in [5.41, 5.74) is 3.94. The van der Waals surface area contributed by atoms with E-state index in [1.54, 1.807) is 30.3 Å². The van der Waals surface area contributed by atoms with Gasteiger partial charge < -0.3 is 9.84 Å². The van der Waals surface area contributed by atoms with Gasteiger partial charge in [-0.05, 0) is 30.3 Å². The second-order valence-corrected chi connectivity index (χ2v) is 6.64. The van der Waals surface area contributed by atoms with Crippen LogP contribution in [0.3, 0.4) is 0 Å². The van der Waals surface area contributed by atoms with Gasteiger partial charge in [0.1, 0.15) is 11.5 Å². The number of hydrogen-bond acceptors (Lipinski definition) is 5. The molecule has 6 nitrogen and oxygen atoms in total. The van der Waals surface area contributed by atoms with Crippen molar-refractivity contribution >= 4 is 46.7 Å². The van der Waals surface area contributed by atoms with Gasteiger partial charge >= 0.3 is 0 Å². The Morgan fingerprint density at radius 2 is 1.81 bits per heavy atom. The van der Waals surface area contributed by atoms with E-state index >= 15 is 0 Å². The minimum atomic E-state index is -0.491. The summed E-state index contributed by atoms with van der Waals surface area (Å²) in [4.78, 5) is 10.4. The lowest BCUT2D eigenvalue weighted by atomic mass is 10.1. The fourth-order valence-electron chi connectivity index (χ4n) is 2.32. The lowest BCUT2D eigenvalue weighted by Gasteiger charge is -2.05. The first-order valence-corrected chi connectivity index (χ1v) is 8.82. The van der Waals surface area contributed by atoms with Crippen LogP contribution in [-0.2, 0) is 6.54 Å². The van der Waals surface area contributed by atoms with Crippen molar-refractivity contribution in [1.82, 2.24) is 5.43 Å². The maximum atomic E-state index is 10.9. The Balaban J connectivity index is 1.70. The van der Waals surface area contributed by atoms with Crippen LogP contribution in [-0.4, -0.2) is 11.1 Å². The average Bonchev–Trinajstić information content (AvgIpc) is 3.09. The summed E-state index contributed by atoms with van der Waals surface area (Å²) in [7, 11) is 0. The third-order valence-corrected chi connectivity index (χ3v) is 4.69. The van der Waals surface area contributed by atoms with E-state index in [0.29, 0.717) is 38.7 Å². The summed E-state index contributed by atoms with van der Waals surface area (Å²) in [6, 6.07) is 12.8. The molecule has 1 heterocycles. The van der Waals surface area contributed by atoms with Crippen LogP contribution in [0, 0.1) is 10.1 Å². The van der Waals surface area contributed by atoms with E-state index in [2.05, 4.69) is 10.5 Å². The van der Waals surface area contributed by atoms with Crippen LogP contribution in [0.2, 0.25) is 15.1 Å². The van der Waals surface area contributed by atoms with Crippen molar-refractivity contribution in [2.75, 3.05) is 0 Å². The fourth-order valence-corrected chi connectivity index (χ4v) is 3.06. The molecule has 0 saturated heterocycles. The van der Waals surface area contributed by atoms with Gasteiger partial charge in [0.25, 0.3) is 5.69 Å². The van der Waals surface area contributed by atoms with Crippen LogP contribution in [0.15, 0.2) is 58.0 Å². The first-order chi connectivity index (χ1) is 13.0. The quantitative estimate of drug-likeness (QED) is 0.302. The number of benzene rings is 2. The lowest BCUT2D eigenvalue weighted by molar-refractivity contribution is -0.384. The van der Waals surface area contributed by atoms with Crippen molar-refractivity contribution in [2.45, 2.75) is 6.54 Å². The van der Waals surface area contributed by atoms with Gasteiger partial charge in [-0.2, -0.15) is 5.10 Å². The molecule has 0 amide bonds. The van der Waals surface area contributed by atoms with E-state index in [1.807, 2.05) is 0 Å². The third-order valence-electron chi connectivity index (χ3n) is 3.65. The Kier molecular flexibility index (Phi) is 6.01. The predicted octanol–water partition coefficient (Wildman–Crippen LogP) is 5.94. The van der Waals surface area contributed by atoms with Crippen LogP contribution in [0.4, 0.5) is 5.69 Å². The molecule has 2 aromatic carbocycles. The highest BCUT2D eigenvalue weighted by molar-refractivity contribution is 6.36. The first-order valence-electron chi connectivity index (χ1n) is 7.68. The zero-order chi connectivity index (χ0) is 19.4. The molecule has 0 spiro atoms. The molecule has 3 rings (SSSR count). The summed E-state index contributed by atoms with van der Waals surface area (Å²) in [5, 5.41) is 16.4. The highest BCUT2D eigenvalue weighted by Crippen LogP contribution is 2.32. The number of non-ortho nitro benzene ring substituents is 1. The van der Waals surface area contributed by atoms with E-state index in [-0.39, 0.29) is 5.69 Å². The van der Waals surface area contributed by atoms with Crippen molar-refractivity contribution < 1.29 is 9.34 Å². The van der Waals surface area contributed by atoms with Crippen LogP contribution in [0.1, 0.15) is 11.3 Å². The molecule has 27 heavy (non-hydrogen) atoms. The topological polar surface area (TPSA) is 80.7 Å². The van der Waals surface area contributed by atoms with E-state index in [0.717, 1.165) is 5.56 Å². The molecule has 3 aromatic rings. The van der Waals surface area contributed by atoms with Crippen LogP contribution in [0.25, 0.3) is 11.3 Å². The van der Waals surface area contributed by atoms with Gasteiger partial charge in [0, 0.05) is 33.3 Å². The monoisotopic (exact) mass is 423 g/mol. The second kappa shape index (κ2) is 8.43. The third kappa shape index (κ3) is 4.60. The molecule has 9 heteroatoms. The standard InChI is InChI=1S/C18H12Cl3N3O3/c19-15-2-1-3-16(20)14(15)10-23-22-9-12-5-7-18(27-12)13-8-11(24(25)26)4-6-17(13)21/h1-9,23H,10H2/b22-9-. The summed E-state index contributed by atoms with van der Waals surface area (Å²) in [6.07, 6.45) is 1.47. The summed E-state index contributed by atoms with van der Waals surface area (Å²) < 4.78 is 5.64. The van der Waals surface area contributed by atoms with Gasteiger partial charge in [-0.1, -0.05) is 40.9 Å². The number of hydrazone groups is 1. The zero-order valence-electron chi connectivity index (χ0n) is 13.7. The number of furan rings is 1. The number of nitrogens with zero attached hydrogens (tertiary/aromatic N) is 2. The van der Waals surface area contributed by atoms with Crippen LogP contribution < -0.4 is 5.43 Å². The van der Waals surface area contributed by atoms with Gasteiger partial charge in [-0.25, -0.2) is 0 Å². The molecule has 0 aliphatic heterocycles. The molecule has 0 aliphatic carbocycles. The first kappa shape index (κ1) is 19.2. The molecule has 0 fully saturated rings. The Hall–Kier alpha value is -2.54. The minimum absolute atomic E-state index is 0.0701. The van der Waals surface area contributed by atoms with E-state index < -0.39 is 4.92 Å². The van der Waals surface area contributed by atoms with Crippen molar-refractivity contribution in [1.29, 1.82) is 0 Å². The maximum Gasteiger partial charge on any atom is 0.270 e. The number of nitro benzene ring substituents is 1. The molecular formula is C18H12Cl3N3O3. The summed E-state index contributed by atoms with van der Waals surface area (Å²) >= 11 is 18.3. The molecule has 1 aromatic heterocycles. The number of nitro groups is 1. The Morgan fingerprint density at radius 1 is 1.07 bits per heavy atom. The second-order valence-electron chi connectivity index (χ2n) is 5.42. The van der Waals surface area contributed by atoms with Gasteiger partial charge in [-0.3, -0.25) is 10.1 Å².